The molecule has 2 N–H and O–H groups in total. The van der Waals surface area contributed by atoms with Gasteiger partial charge < -0.3 is 5.73 Å². The highest BCUT2D eigenvalue weighted by Gasteiger charge is 2.27. The van der Waals surface area contributed by atoms with Crippen LogP contribution in [-0.4, -0.2) is 6.04 Å². The normalized spacial score (nSPS) is 12.8. The van der Waals surface area contributed by atoms with Crippen LogP contribution in [-0.2, 0) is 5.41 Å². The molecule has 0 radical (unpaired) electrons. The number of hydrogen-bond donors (Lipinski definition) is 1. The lowest BCUT2D eigenvalue weighted by Crippen LogP contribution is -2.40. The van der Waals surface area contributed by atoms with Crippen molar-refractivity contribution in [3.63, 3.8) is 0 Å². The topological polar surface area (TPSA) is 26.0 Å². The van der Waals surface area contributed by atoms with Crippen molar-refractivity contribution in [2.45, 2.75) is 38.6 Å². The van der Waals surface area contributed by atoms with Gasteiger partial charge in [-0.1, -0.05) is 26.0 Å². The van der Waals surface area contributed by atoms with Crippen LogP contribution in [0.2, 0.25) is 0 Å². The Morgan fingerprint density at radius 2 is 1.88 bits per heavy atom. The summed E-state index contributed by atoms with van der Waals surface area (Å²) < 4.78 is 12.8. The van der Waals surface area contributed by atoms with E-state index in [0.717, 1.165) is 5.56 Å². The summed E-state index contributed by atoms with van der Waals surface area (Å²) >= 11 is 0. The van der Waals surface area contributed by atoms with Gasteiger partial charge in [-0.15, -0.1) is 11.8 Å². The number of rotatable bonds is 3. The molecule has 0 fully saturated rings. The SMILES string of the molecule is CC#CCC(N)C(C)(C)c1ccc(F)cc1. The maximum Gasteiger partial charge on any atom is 0.123 e. The Balaban J connectivity index is 2.90. The molecule has 0 saturated carbocycles. The summed E-state index contributed by atoms with van der Waals surface area (Å²) in [7, 11) is 0. The quantitative estimate of drug-likeness (QED) is 0.777. The van der Waals surface area contributed by atoms with Gasteiger partial charge in [-0.3, -0.25) is 0 Å². The summed E-state index contributed by atoms with van der Waals surface area (Å²) in [5, 5.41) is 0. The van der Waals surface area contributed by atoms with Gasteiger partial charge in [0.2, 0.25) is 0 Å². The Labute approximate surface area is 96.9 Å². The largest absolute Gasteiger partial charge is 0.326 e. The molecule has 0 aliphatic carbocycles. The number of hydrogen-bond acceptors (Lipinski definition) is 1. The molecular weight excluding hydrogens is 201 g/mol. The summed E-state index contributed by atoms with van der Waals surface area (Å²) in [6.45, 7) is 5.92. The lowest BCUT2D eigenvalue weighted by molar-refractivity contribution is 0.414. The van der Waals surface area contributed by atoms with Crippen LogP contribution in [0, 0.1) is 17.7 Å². The minimum Gasteiger partial charge on any atom is -0.326 e. The molecule has 0 amide bonds. The molecular formula is C14H18FN. The number of benzene rings is 1. The summed E-state index contributed by atoms with van der Waals surface area (Å²) in [4.78, 5) is 0. The molecule has 0 spiro atoms. The minimum atomic E-state index is -0.221. The van der Waals surface area contributed by atoms with Crippen molar-refractivity contribution in [3.05, 3.63) is 35.6 Å². The number of halogens is 1. The van der Waals surface area contributed by atoms with Crippen molar-refractivity contribution in [3.8, 4) is 11.8 Å². The zero-order valence-electron chi connectivity index (χ0n) is 10.0. The Bertz CT molecular complexity index is 395. The molecule has 0 aliphatic rings. The van der Waals surface area contributed by atoms with E-state index in [1.165, 1.54) is 12.1 Å². The van der Waals surface area contributed by atoms with Crippen LogP contribution in [0.4, 0.5) is 4.39 Å². The zero-order chi connectivity index (χ0) is 12.2. The Morgan fingerprint density at radius 3 is 2.38 bits per heavy atom. The molecule has 1 unspecified atom stereocenters. The highest BCUT2D eigenvalue weighted by molar-refractivity contribution is 5.27. The van der Waals surface area contributed by atoms with Gasteiger partial charge in [0.25, 0.3) is 0 Å². The molecule has 1 atom stereocenters. The zero-order valence-corrected chi connectivity index (χ0v) is 10.0. The molecule has 0 heterocycles. The molecule has 1 aromatic carbocycles. The van der Waals surface area contributed by atoms with Crippen LogP contribution in [0.3, 0.4) is 0 Å². The summed E-state index contributed by atoms with van der Waals surface area (Å²) in [5.41, 5.74) is 6.96. The highest BCUT2D eigenvalue weighted by atomic mass is 19.1. The van der Waals surface area contributed by atoms with Crippen molar-refractivity contribution < 1.29 is 4.39 Å². The molecule has 16 heavy (non-hydrogen) atoms. The Hall–Kier alpha value is -1.33. The summed E-state index contributed by atoms with van der Waals surface area (Å²) in [6.07, 6.45) is 0.654. The van der Waals surface area contributed by atoms with Gasteiger partial charge in [0, 0.05) is 17.9 Å². The van der Waals surface area contributed by atoms with Gasteiger partial charge in [0.1, 0.15) is 5.82 Å². The van der Waals surface area contributed by atoms with Crippen molar-refractivity contribution in [2.75, 3.05) is 0 Å². The molecule has 86 valence electrons. The van der Waals surface area contributed by atoms with Crippen LogP contribution < -0.4 is 5.73 Å². The maximum absolute atomic E-state index is 12.8. The predicted molar refractivity (Wildman–Crippen MR) is 65.5 cm³/mol. The maximum atomic E-state index is 12.8. The average molecular weight is 219 g/mol. The van der Waals surface area contributed by atoms with E-state index in [1.807, 2.05) is 0 Å². The Kier molecular flexibility index (Phi) is 4.09. The Morgan fingerprint density at radius 1 is 1.31 bits per heavy atom. The molecule has 0 saturated heterocycles. The van der Waals surface area contributed by atoms with Crippen molar-refractivity contribution in [2.24, 2.45) is 5.73 Å². The fourth-order valence-corrected chi connectivity index (χ4v) is 1.56. The van der Waals surface area contributed by atoms with Gasteiger partial charge in [-0.25, -0.2) is 4.39 Å². The second kappa shape index (κ2) is 5.14. The second-order valence-corrected chi connectivity index (χ2v) is 4.47. The van der Waals surface area contributed by atoms with Crippen molar-refractivity contribution in [1.29, 1.82) is 0 Å². The molecule has 1 nitrogen and oxygen atoms in total. The van der Waals surface area contributed by atoms with E-state index in [1.54, 1.807) is 19.1 Å². The van der Waals surface area contributed by atoms with Gasteiger partial charge >= 0.3 is 0 Å². The van der Waals surface area contributed by atoms with E-state index >= 15 is 0 Å². The fraction of sp³-hybridized carbons (Fsp3) is 0.429. The molecule has 0 aliphatic heterocycles. The lowest BCUT2D eigenvalue weighted by atomic mass is 9.77. The van der Waals surface area contributed by atoms with E-state index in [4.69, 9.17) is 5.73 Å². The molecule has 1 rings (SSSR count). The van der Waals surface area contributed by atoms with Crippen LogP contribution in [0.15, 0.2) is 24.3 Å². The third-order valence-corrected chi connectivity index (χ3v) is 3.01. The van der Waals surface area contributed by atoms with E-state index in [0.29, 0.717) is 6.42 Å². The first kappa shape index (κ1) is 12.7. The van der Waals surface area contributed by atoms with Crippen LogP contribution >= 0.6 is 0 Å². The third-order valence-electron chi connectivity index (χ3n) is 3.01. The lowest BCUT2D eigenvalue weighted by Gasteiger charge is -2.31. The molecule has 2 heteroatoms. The van der Waals surface area contributed by atoms with Gasteiger partial charge in [0.05, 0.1) is 0 Å². The third kappa shape index (κ3) is 2.84. The van der Waals surface area contributed by atoms with Gasteiger partial charge in [-0.2, -0.15) is 0 Å². The first-order valence-electron chi connectivity index (χ1n) is 5.39. The smallest absolute Gasteiger partial charge is 0.123 e. The van der Waals surface area contributed by atoms with Crippen molar-refractivity contribution >= 4 is 0 Å². The standard InChI is InChI=1S/C14H18FN/c1-4-5-6-13(16)14(2,3)11-7-9-12(15)10-8-11/h7-10,13H,6,16H2,1-3H3. The van der Waals surface area contributed by atoms with Crippen LogP contribution in [0.1, 0.15) is 32.8 Å². The van der Waals surface area contributed by atoms with Crippen LogP contribution in [0.5, 0.6) is 0 Å². The first-order chi connectivity index (χ1) is 7.48. The monoisotopic (exact) mass is 219 g/mol. The fourth-order valence-electron chi connectivity index (χ4n) is 1.56. The van der Waals surface area contributed by atoms with Crippen LogP contribution in [0.25, 0.3) is 0 Å². The minimum absolute atomic E-state index is 0.0505. The first-order valence-corrected chi connectivity index (χ1v) is 5.39. The molecule has 1 aromatic rings. The van der Waals surface area contributed by atoms with E-state index in [9.17, 15) is 4.39 Å². The van der Waals surface area contributed by atoms with E-state index < -0.39 is 0 Å². The molecule has 0 bridgehead atoms. The number of nitrogens with two attached hydrogens (primary N) is 1. The second-order valence-electron chi connectivity index (χ2n) is 4.47. The van der Waals surface area contributed by atoms with E-state index in [-0.39, 0.29) is 17.3 Å². The summed E-state index contributed by atoms with van der Waals surface area (Å²) in [5.74, 6) is 5.61. The highest BCUT2D eigenvalue weighted by Crippen LogP contribution is 2.27. The summed E-state index contributed by atoms with van der Waals surface area (Å²) in [6, 6.07) is 6.46. The average Bonchev–Trinajstić information content (AvgIpc) is 2.26. The van der Waals surface area contributed by atoms with Crippen molar-refractivity contribution in [1.82, 2.24) is 0 Å². The van der Waals surface area contributed by atoms with E-state index in [2.05, 4.69) is 25.7 Å². The van der Waals surface area contributed by atoms with Gasteiger partial charge in [-0.05, 0) is 24.6 Å². The predicted octanol–water partition coefficient (Wildman–Crippen LogP) is 2.84. The van der Waals surface area contributed by atoms with Gasteiger partial charge in [0.15, 0.2) is 0 Å². The molecule has 0 aromatic heterocycles.